The van der Waals surface area contributed by atoms with Crippen LogP contribution in [0.1, 0.15) is 15.9 Å². The molecule has 0 N–H and O–H groups in total. The third-order valence-corrected chi connectivity index (χ3v) is 2.29. The molecule has 0 saturated carbocycles. The molecule has 94 valence electrons. The number of nitrogens with zero attached hydrogens (tertiary/aromatic N) is 1. The Labute approximate surface area is 107 Å². The number of nitriles is 1. The lowest BCUT2D eigenvalue weighted by Crippen LogP contribution is -2.09. The van der Waals surface area contributed by atoms with Crippen molar-refractivity contribution >= 4 is 5.97 Å². The highest BCUT2D eigenvalue weighted by Crippen LogP contribution is 2.15. The van der Waals surface area contributed by atoms with E-state index in [0.29, 0.717) is 11.6 Å². The average molecular weight is 259 g/mol. The summed E-state index contributed by atoms with van der Waals surface area (Å²) in [6, 6.07) is 10.1. The molecule has 0 aliphatic rings. The van der Waals surface area contributed by atoms with Gasteiger partial charge in [0, 0.05) is 6.07 Å². The van der Waals surface area contributed by atoms with Gasteiger partial charge in [0.1, 0.15) is 17.4 Å². The van der Waals surface area contributed by atoms with Crippen LogP contribution in [0.25, 0.3) is 0 Å². The Bertz CT molecular complexity index is 640. The fourth-order valence-corrected chi connectivity index (χ4v) is 1.44. The van der Waals surface area contributed by atoms with Crippen LogP contribution < -0.4 is 4.74 Å². The minimum Gasteiger partial charge on any atom is -0.423 e. The zero-order valence-corrected chi connectivity index (χ0v) is 9.56. The Kier molecular flexibility index (Phi) is 3.53. The molecule has 0 aliphatic carbocycles. The molecule has 0 unspecified atom stereocenters. The van der Waals surface area contributed by atoms with Gasteiger partial charge in [0.05, 0.1) is 17.2 Å². The predicted octanol–water partition coefficient (Wildman–Crippen LogP) is 3.06. The minimum absolute atomic E-state index is 0.189. The first-order valence-electron chi connectivity index (χ1n) is 5.27. The zero-order valence-electron chi connectivity index (χ0n) is 9.56. The highest BCUT2D eigenvalue weighted by atomic mass is 19.1. The molecule has 2 aromatic carbocycles. The van der Waals surface area contributed by atoms with Gasteiger partial charge in [-0.15, -0.1) is 0 Å². The van der Waals surface area contributed by atoms with E-state index >= 15 is 0 Å². The van der Waals surface area contributed by atoms with E-state index in [9.17, 15) is 13.6 Å². The van der Waals surface area contributed by atoms with Crippen LogP contribution in [-0.2, 0) is 0 Å². The third-order valence-electron chi connectivity index (χ3n) is 2.29. The molecular weight excluding hydrogens is 252 g/mol. The van der Waals surface area contributed by atoms with E-state index in [1.807, 2.05) is 6.07 Å². The topological polar surface area (TPSA) is 50.1 Å². The maximum Gasteiger partial charge on any atom is 0.343 e. The van der Waals surface area contributed by atoms with Crippen molar-refractivity contribution in [1.29, 1.82) is 5.26 Å². The summed E-state index contributed by atoms with van der Waals surface area (Å²) in [4.78, 5) is 11.7. The van der Waals surface area contributed by atoms with Crippen LogP contribution >= 0.6 is 0 Å². The fourth-order valence-electron chi connectivity index (χ4n) is 1.44. The second-order valence-corrected chi connectivity index (χ2v) is 3.68. The van der Waals surface area contributed by atoms with Crippen molar-refractivity contribution < 1.29 is 18.3 Å². The number of rotatable bonds is 2. The molecule has 19 heavy (non-hydrogen) atoms. The van der Waals surface area contributed by atoms with Crippen molar-refractivity contribution in [2.24, 2.45) is 0 Å². The Morgan fingerprint density at radius 1 is 1.05 bits per heavy atom. The Morgan fingerprint density at radius 3 is 2.16 bits per heavy atom. The maximum absolute atomic E-state index is 12.9. The van der Waals surface area contributed by atoms with Gasteiger partial charge in [-0.05, 0) is 36.4 Å². The molecule has 0 radical (unpaired) electrons. The van der Waals surface area contributed by atoms with Crippen LogP contribution in [-0.4, -0.2) is 5.97 Å². The average Bonchev–Trinajstić information content (AvgIpc) is 2.38. The first kappa shape index (κ1) is 12.7. The van der Waals surface area contributed by atoms with Crippen molar-refractivity contribution in [2.75, 3.05) is 0 Å². The summed E-state index contributed by atoms with van der Waals surface area (Å²) >= 11 is 0. The zero-order chi connectivity index (χ0) is 13.8. The van der Waals surface area contributed by atoms with Gasteiger partial charge < -0.3 is 4.74 Å². The maximum atomic E-state index is 12.9. The van der Waals surface area contributed by atoms with Gasteiger partial charge in [-0.3, -0.25) is 0 Å². The van der Waals surface area contributed by atoms with Crippen molar-refractivity contribution in [3.8, 4) is 11.8 Å². The summed E-state index contributed by atoms with van der Waals surface area (Å²) in [5.74, 6) is -2.39. The van der Waals surface area contributed by atoms with Gasteiger partial charge in [0.2, 0.25) is 0 Å². The summed E-state index contributed by atoms with van der Waals surface area (Å²) in [5, 5.41) is 8.61. The first-order chi connectivity index (χ1) is 9.08. The molecule has 5 heteroatoms. The predicted molar refractivity (Wildman–Crippen MR) is 62.5 cm³/mol. The SMILES string of the molecule is N#Cc1ccc(OC(=O)c2cc(F)cc(F)c2)cc1. The van der Waals surface area contributed by atoms with Crippen molar-refractivity contribution in [3.63, 3.8) is 0 Å². The number of hydrogen-bond acceptors (Lipinski definition) is 3. The van der Waals surface area contributed by atoms with Crippen LogP contribution in [0.4, 0.5) is 8.78 Å². The smallest absolute Gasteiger partial charge is 0.343 e. The highest BCUT2D eigenvalue weighted by Gasteiger charge is 2.11. The van der Waals surface area contributed by atoms with Crippen molar-refractivity contribution in [2.45, 2.75) is 0 Å². The molecule has 0 aliphatic heterocycles. The molecule has 0 saturated heterocycles. The number of halogens is 2. The lowest BCUT2D eigenvalue weighted by Gasteiger charge is -2.04. The van der Waals surface area contributed by atoms with Crippen LogP contribution in [0.3, 0.4) is 0 Å². The van der Waals surface area contributed by atoms with Crippen LogP contribution in [0.5, 0.6) is 5.75 Å². The van der Waals surface area contributed by atoms with Gasteiger partial charge in [-0.2, -0.15) is 5.26 Å². The molecule has 0 spiro atoms. The minimum atomic E-state index is -0.872. The van der Waals surface area contributed by atoms with E-state index in [-0.39, 0.29) is 11.3 Å². The molecule has 0 heterocycles. The van der Waals surface area contributed by atoms with Gasteiger partial charge in [-0.1, -0.05) is 0 Å². The van der Waals surface area contributed by atoms with E-state index in [2.05, 4.69) is 0 Å². The summed E-state index contributed by atoms with van der Waals surface area (Å²) in [7, 11) is 0. The fraction of sp³-hybridized carbons (Fsp3) is 0. The third kappa shape index (κ3) is 3.13. The van der Waals surface area contributed by atoms with E-state index < -0.39 is 17.6 Å². The van der Waals surface area contributed by atoms with Crippen LogP contribution in [0, 0.1) is 23.0 Å². The Hall–Kier alpha value is -2.74. The standard InChI is InChI=1S/C14H7F2NO2/c15-11-5-10(6-12(16)7-11)14(18)19-13-3-1-9(8-17)2-4-13/h1-7H. The number of ether oxygens (including phenoxy) is 1. The molecule has 2 rings (SSSR count). The van der Waals surface area contributed by atoms with E-state index in [1.54, 1.807) is 0 Å². The quantitative estimate of drug-likeness (QED) is 0.615. The van der Waals surface area contributed by atoms with Gasteiger partial charge in [0.15, 0.2) is 0 Å². The first-order valence-corrected chi connectivity index (χ1v) is 5.27. The van der Waals surface area contributed by atoms with Crippen LogP contribution in [0.2, 0.25) is 0 Å². The number of carbonyl (C=O) groups is 1. The Morgan fingerprint density at radius 2 is 1.63 bits per heavy atom. The van der Waals surface area contributed by atoms with Crippen LogP contribution in [0.15, 0.2) is 42.5 Å². The van der Waals surface area contributed by atoms with Crippen molar-refractivity contribution in [3.05, 3.63) is 65.2 Å². The molecule has 0 amide bonds. The summed E-state index contributed by atoms with van der Waals surface area (Å²) in [5.41, 5.74) is 0.193. The highest BCUT2D eigenvalue weighted by molar-refractivity contribution is 5.91. The summed E-state index contributed by atoms with van der Waals surface area (Å²) in [6.07, 6.45) is 0. The number of hydrogen-bond donors (Lipinski definition) is 0. The molecule has 0 aromatic heterocycles. The lowest BCUT2D eigenvalue weighted by atomic mass is 10.2. The molecule has 3 nitrogen and oxygen atoms in total. The molecule has 0 atom stereocenters. The second-order valence-electron chi connectivity index (χ2n) is 3.68. The summed E-state index contributed by atoms with van der Waals surface area (Å²) in [6.45, 7) is 0. The normalized spacial score (nSPS) is 9.74. The van der Waals surface area contributed by atoms with E-state index in [4.69, 9.17) is 10.00 Å². The molecule has 0 fully saturated rings. The lowest BCUT2D eigenvalue weighted by molar-refractivity contribution is 0.0733. The molecule has 0 bridgehead atoms. The largest absolute Gasteiger partial charge is 0.423 e. The van der Waals surface area contributed by atoms with Gasteiger partial charge >= 0.3 is 5.97 Å². The second kappa shape index (κ2) is 5.27. The van der Waals surface area contributed by atoms with Crippen molar-refractivity contribution in [1.82, 2.24) is 0 Å². The van der Waals surface area contributed by atoms with E-state index in [1.165, 1.54) is 24.3 Å². The molecule has 2 aromatic rings. The molecular formula is C14H7F2NO2. The summed E-state index contributed by atoms with van der Waals surface area (Å²) < 4.78 is 30.8. The van der Waals surface area contributed by atoms with Gasteiger partial charge in [0.25, 0.3) is 0 Å². The van der Waals surface area contributed by atoms with Gasteiger partial charge in [-0.25, -0.2) is 13.6 Å². The monoisotopic (exact) mass is 259 g/mol. The number of carbonyl (C=O) groups excluding carboxylic acids is 1. The van der Waals surface area contributed by atoms with E-state index in [0.717, 1.165) is 12.1 Å². The Balaban J connectivity index is 2.18. The number of esters is 1. The number of benzene rings is 2.